The molecule has 0 bridgehead atoms. The van der Waals surface area contributed by atoms with E-state index in [9.17, 15) is 5.11 Å². The van der Waals surface area contributed by atoms with Crippen molar-refractivity contribution in [2.24, 2.45) is 0 Å². The lowest BCUT2D eigenvalue weighted by atomic mass is 9.86. The summed E-state index contributed by atoms with van der Waals surface area (Å²) in [6.45, 7) is 6.82. The van der Waals surface area contributed by atoms with Gasteiger partial charge in [-0.05, 0) is 48.8 Å². The van der Waals surface area contributed by atoms with Crippen LogP contribution in [0.25, 0.3) is 0 Å². The Morgan fingerprint density at radius 3 is 2.08 bits per heavy atom. The van der Waals surface area contributed by atoms with Crippen LogP contribution in [-0.2, 0) is 6.42 Å². The molecule has 1 aromatic carbocycles. The summed E-state index contributed by atoms with van der Waals surface area (Å²) in [7, 11) is 0. The van der Waals surface area contributed by atoms with Gasteiger partial charge in [0.15, 0.2) is 0 Å². The normalized spacial score (nSPS) is 12.5. The topological polar surface area (TPSA) is 20.2 Å². The zero-order chi connectivity index (χ0) is 17.6. The first-order chi connectivity index (χ1) is 11.7. The Kier molecular flexibility index (Phi) is 11.7. The van der Waals surface area contributed by atoms with Crippen molar-refractivity contribution >= 4 is 0 Å². The second-order valence-electron chi connectivity index (χ2n) is 7.32. The number of phenols is 1. The Bertz CT molecular complexity index is 424. The first-order valence-corrected chi connectivity index (χ1v) is 10.5. The average Bonchev–Trinajstić information content (AvgIpc) is 2.59. The minimum absolute atomic E-state index is 0.521. The Hall–Kier alpha value is -0.980. The number of hydrogen-bond donors (Lipinski definition) is 1. The quantitative estimate of drug-likeness (QED) is 0.345. The lowest BCUT2D eigenvalue weighted by Crippen LogP contribution is -2.03. The van der Waals surface area contributed by atoms with Gasteiger partial charge in [-0.15, -0.1) is 0 Å². The molecule has 138 valence electrons. The number of unbranched alkanes of at least 4 members (excludes halogenated alkanes) is 8. The minimum atomic E-state index is 0.521. The number of aromatic hydroxyl groups is 1. The van der Waals surface area contributed by atoms with Gasteiger partial charge in [0.1, 0.15) is 5.75 Å². The largest absolute Gasteiger partial charge is 0.508 e. The maximum absolute atomic E-state index is 10.4. The second kappa shape index (κ2) is 13.3. The fourth-order valence-corrected chi connectivity index (χ4v) is 3.73. The molecule has 0 radical (unpaired) electrons. The van der Waals surface area contributed by atoms with E-state index in [0.717, 1.165) is 6.42 Å². The minimum Gasteiger partial charge on any atom is -0.508 e. The fraction of sp³-hybridized carbons (Fsp3) is 0.739. The lowest BCUT2D eigenvalue weighted by molar-refractivity contribution is 0.460. The number of benzene rings is 1. The monoisotopic (exact) mass is 332 g/mol. The molecular formula is C23H40O. The standard InChI is InChI=1S/C23H40O/c1-4-7-9-10-11-12-14-17-22-21(18-15-19-23(22)24)20(6-3)16-13-8-5-2/h15,18-20,24H,4-14,16-17H2,1-3H3. The summed E-state index contributed by atoms with van der Waals surface area (Å²) in [5.41, 5.74) is 2.65. The van der Waals surface area contributed by atoms with Crippen molar-refractivity contribution in [3.05, 3.63) is 29.3 Å². The first kappa shape index (κ1) is 21.1. The highest BCUT2D eigenvalue weighted by molar-refractivity contribution is 5.41. The van der Waals surface area contributed by atoms with E-state index >= 15 is 0 Å². The van der Waals surface area contributed by atoms with E-state index in [2.05, 4.69) is 26.8 Å². The Balaban J connectivity index is 2.55. The molecule has 0 aliphatic heterocycles. The van der Waals surface area contributed by atoms with Crippen LogP contribution in [0.3, 0.4) is 0 Å². The molecule has 24 heavy (non-hydrogen) atoms. The van der Waals surface area contributed by atoms with Crippen molar-refractivity contribution in [1.29, 1.82) is 0 Å². The van der Waals surface area contributed by atoms with E-state index < -0.39 is 0 Å². The molecule has 0 fully saturated rings. The van der Waals surface area contributed by atoms with Crippen molar-refractivity contribution in [1.82, 2.24) is 0 Å². The molecule has 1 nitrogen and oxygen atoms in total. The zero-order valence-electron chi connectivity index (χ0n) is 16.4. The Labute approximate surface area is 150 Å². The van der Waals surface area contributed by atoms with Crippen LogP contribution in [0.4, 0.5) is 0 Å². The van der Waals surface area contributed by atoms with Crippen molar-refractivity contribution in [2.75, 3.05) is 0 Å². The molecule has 0 spiro atoms. The summed E-state index contributed by atoms with van der Waals surface area (Å²) in [4.78, 5) is 0. The molecule has 1 atom stereocenters. The molecule has 0 heterocycles. The molecule has 1 N–H and O–H groups in total. The van der Waals surface area contributed by atoms with Crippen LogP contribution in [0.2, 0.25) is 0 Å². The summed E-state index contributed by atoms with van der Waals surface area (Å²) in [6.07, 6.45) is 16.7. The number of hydrogen-bond acceptors (Lipinski definition) is 1. The van der Waals surface area contributed by atoms with Gasteiger partial charge in [-0.3, -0.25) is 0 Å². The van der Waals surface area contributed by atoms with Crippen molar-refractivity contribution in [3.8, 4) is 5.75 Å². The molecule has 1 aromatic rings. The third kappa shape index (κ3) is 7.73. The third-order valence-electron chi connectivity index (χ3n) is 5.31. The van der Waals surface area contributed by atoms with Gasteiger partial charge in [0.2, 0.25) is 0 Å². The molecule has 0 aliphatic carbocycles. The average molecular weight is 333 g/mol. The Morgan fingerprint density at radius 1 is 0.792 bits per heavy atom. The molecular weight excluding hydrogens is 292 g/mol. The highest BCUT2D eigenvalue weighted by atomic mass is 16.3. The fourth-order valence-electron chi connectivity index (χ4n) is 3.73. The van der Waals surface area contributed by atoms with Crippen molar-refractivity contribution in [2.45, 2.75) is 110 Å². The molecule has 1 heteroatoms. The van der Waals surface area contributed by atoms with Gasteiger partial charge in [-0.2, -0.15) is 0 Å². The van der Waals surface area contributed by atoms with Crippen molar-refractivity contribution < 1.29 is 5.11 Å². The summed E-state index contributed by atoms with van der Waals surface area (Å²) in [5, 5.41) is 10.4. The molecule has 1 rings (SSSR count). The van der Waals surface area contributed by atoms with Crippen LogP contribution in [-0.4, -0.2) is 5.11 Å². The summed E-state index contributed by atoms with van der Waals surface area (Å²) < 4.78 is 0. The molecule has 0 aromatic heterocycles. The maximum Gasteiger partial charge on any atom is 0.119 e. The second-order valence-corrected chi connectivity index (χ2v) is 7.32. The van der Waals surface area contributed by atoms with Gasteiger partial charge in [-0.1, -0.05) is 90.7 Å². The Morgan fingerprint density at radius 2 is 1.42 bits per heavy atom. The van der Waals surface area contributed by atoms with Gasteiger partial charge >= 0.3 is 0 Å². The van der Waals surface area contributed by atoms with Crippen LogP contribution in [0.1, 0.15) is 115 Å². The van der Waals surface area contributed by atoms with Crippen LogP contribution < -0.4 is 0 Å². The molecule has 0 aliphatic rings. The summed E-state index contributed by atoms with van der Waals surface area (Å²) >= 11 is 0. The lowest BCUT2D eigenvalue weighted by Gasteiger charge is -2.20. The smallest absolute Gasteiger partial charge is 0.119 e. The van der Waals surface area contributed by atoms with E-state index in [-0.39, 0.29) is 0 Å². The molecule has 0 amide bonds. The van der Waals surface area contributed by atoms with Gasteiger partial charge in [0, 0.05) is 0 Å². The highest BCUT2D eigenvalue weighted by Gasteiger charge is 2.15. The molecule has 0 saturated carbocycles. The van der Waals surface area contributed by atoms with E-state index in [1.165, 1.54) is 88.2 Å². The number of rotatable bonds is 14. The van der Waals surface area contributed by atoms with E-state index in [1.807, 2.05) is 12.1 Å². The van der Waals surface area contributed by atoms with Gasteiger partial charge in [-0.25, -0.2) is 0 Å². The zero-order valence-corrected chi connectivity index (χ0v) is 16.4. The van der Waals surface area contributed by atoms with Gasteiger partial charge in [0.05, 0.1) is 0 Å². The van der Waals surface area contributed by atoms with E-state index in [0.29, 0.717) is 11.7 Å². The van der Waals surface area contributed by atoms with Gasteiger partial charge < -0.3 is 5.11 Å². The molecule has 0 saturated heterocycles. The SMILES string of the molecule is CCCCCCCCCc1c(O)cccc1C(CC)CCCCC. The number of phenolic OH excluding ortho intramolecular Hbond substituents is 1. The van der Waals surface area contributed by atoms with Gasteiger partial charge in [0.25, 0.3) is 0 Å². The maximum atomic E-state index is 10.4. The third-order valence-corrected chi connectivity index (χ3v) is 5.31. The van der Waals surface area contributed by atoms with Crippen LogP contribution in [0.15, 0.2) is 18.2 Å². The van der Waals surface area contributed by atoms with E-state index in [4.69, 9.17) is 0 Å². The molecule has 1 unspecified atom stereocenters. The predicted molar refractivity (Wildman–Crippen MR) is 107 cm³/mol. The summed E-state index contributed by atoms with van der Waals surface area (Å²) in [5.74, 6) is 1.13. The highest BCUT2D eigenvalue weighted by Crippen LogP contribution is 2.33. The summed E-state index contributed by atoms with van der Waals surface area (Å²) in [6, 6.07) is 6.16. The van der Waals surface area contributed by atoms with Crippen molar-refractivity contribution in [3.63, 3.8) is 0 Å². The first-order valence-electron chi connectivity index (χ1n) is 10.5. The van der Waals surface area contributed by atoms with E-state index in [1.54, 1.807) is 0 Å². The van der Waals surface area contributed by atoms with Crippen LogP contribution in [0.5, 0.6) is 5.75 Å². The van der Waals surface area contributed by atoms with Crippen LogP contribution in [0, 0.1) is 0 Å². The van der Waals surface area contributed by atoms with Crippen LogP contribution >= 0.6 is 0 Å². The predicted octanol–water partition coefficient (Wildman–Crippen LogP) is 7.76.